The van der Waals surface area contributed by atoms with Crippen LogP contribution in [0.1, 0.15) is 28.2 Å². The molecule has 0 bridgehead atoms. The molecular formula is C27H21ClF3N5O3. The predicted molar refractivity (Wildman–Crippen MR) is 139 cm³/mol. The molecule has 0 aliphatic rings. The zero-order valence-corrected chi connectivity index (χ0v) is 21.4. The Morgan fingerprint density at radius 3 is 2.59 bits per heavy atom. The zero-order chi connectivity index (χ0) is 27.9. The SMILES string of the molecule is Cc1cc(Cl)c(COc2cccc3c(-c4n[nH]cc4O)cc(C)nc23)c(Cn2cccc(C(F)(F)F)c2=O)n1. The van der Waals surface area contributed by atoms with Crippen LogP contribution in [0.15, 0.2) is 59.7 Å². The first-order valence-corrected chi connectivity index (χ1v) is 12.1. The summed E-state index contributed by atoms with van der Waals surface area (Å²) in [6.45, 7) is 3.17. The monoisotopic (exact) mass is 555 g/mol. The maximum absolute atomic E-state index is 13.3. The summed E-state index contributed by atoms with van der Waals surface area (Å²) in [5.41, 5.74) is 0.997. The second-order valence-electron chi connectivity index (χ2n) is 8.89. The molecule has 8 nitrogen and oxygen atoms in total. The van der Waals surface area contributed by atoms with E-state index in [0.717, 1.165) is 16.7 Å². The Morgan fingerprint density at radius 2 is 1.87 bits per heavy atom. The molecule has 1 aromatic carbocycles. The summed E-state index contributed by atoms with van der Waals surface area (Å²) in [6, 6.07) is 10.6. The van der Waals surface area contributed by atoms with Crippen LogP contribution in [-0.2, 0) is 19.3 Å². The van der Waals surface area contributed by atoms with Crippen LogP contribution >= 0.6 is 11.6 Å². The molecule has 0 atom stereocenters. The van der Waals surface area contributed by atoms with Gasteiger partial charge in [-0.3, -0.25) is 14.9 Å². The number of hydrogen-bond acceptors (Lipinski definition) is 6. The maximum atomic E-state index is 13.3. The third-order valence-electron chi connectivity index (χ3n) is 6.11. The Bertz CT molecular complexity index is 1760. The molecule has 0 amide bonds. The lowest BCUT2D eigenvalue weighted by Gasteiger charge is -2.16. The number of halogens is 4. The van der Waals surface area contributed by atoms with Gasteiger partial charge in [0.05, 0.1) is 23.5 Å². The van der Waals surface area contributed by atoms with Crippen LogP contribution in [0.25, 0.3) is 22.2 Å². The Morgan fingerprint density at radius 1 is 1.10 bits per heavy atom. The number of rotatable bonds is 6. The number of hydrogen-bond donors (Lipinski definition) is 2. The van der Waals surface area contributed by atoms with E-state index in [4.69, 9.17) is 16.3 Å². The molecule has 4 aromatic heterocycles. The van der Waals surface area contributed by atoms with Gasteiger partial charge in [0, 0.05) is 34.1 Å². The van der Waals surface area contributed by atoms with Gasteiger partial charge < -0.3 is 14.4 Å². The molecule has 39 heavy (non-hydrogen) atoms. The molecule has 0 spiro atoms. The first-order valence-electron chi connectivity index (χ1n) is 11.7. The van der Waals surface area contributed by atoms with Crippen molar-refractivity contribution in [1.29, 1.82) is 0 Å². The van der Waals surface area contributed by atoms with Gasteiger partial charge in [0.15, 0.2) is 5.75 Å². The Hall–Kier alpha value is -4.38. The van der Waals surface area contributed by atoms with E-state index in [2.05, 4.69) is 20.2 Å². The second-order valence-corrected chi connectivity index (χ2v) is 9.30. The van der Waals surface area contributed by atoms with Crippen molar-refractivity contribution in [3.05, 3.63) is 98.4 Å². The highest BCUT2D eigenvalue weighted by Crippen LogP contribution is 2.36. The van der Waals surface area contributed by atoms with Crippen LogP contribution in [0, 0.1) is 13.8 Å². The molecule has 0 aliphatic carbocycles. The van der Waals surface area contributed by atoms with E-state index in [0.29, 0.717) is 55.6 Å². The van der Waals surface area contributed by atoms with Crippen LogP contribution in [0.3, 0.4) is 0 Å². The number of nitrogens with one attached hydrogen (secondary N) is 1. The topological polar surface area (TPSA) is 106 Å². The van der Waals surface area contributed by atoms with Crippen LogP contribution in [0.4, 0.5) is 13.2 Å². The van der Waals surface area contributed by atoms with Crippen LogP contribution in [0.5, 0.6) is 11.5 Å². The molecule has 12 heteroatoms. The lowest BCUT2D eigenvalue weighted by Crippen LogP contribution is -2.29. The highest BCUT2D eigenvalue weighted by Gasteiger charge is 2.34. The molecular weight excluding hydrogens is 535 g/mol. The van der Waals surface area contributed by atoms with E-state index >= 15 is 0 Å². The Labute approximate surface area is 224 Å². The molecule has 0 unspecified atom stereocenters. The van der Waals surface area contributed by atoms with E-state index < -0.39 is 17.3 Å². The largest absolute Gasteiger partial charge is 0.504 e. The first-order chi connectivity index (χ1) is 18.5. The number of para-hydroxylation sites is 1. The van der Waals surface area contributed by atoms with Crippen molar-refractivity contribution in [2.24, 2.45) is 0 Å². The number of ether oxygens (including phenoxy) is 1. The highest BCUT2D eigenvalue weighted by atomic mass is 35.5. The number of aromatic amines is 1. The van der Waals surface area contributed by atoms with Gasteiger partial charge in [-0.1, -0.05) is 23.7 Å². The van der Waals surface area contributed by atoms with E-state index in [-0.39, 0.29) is 18.9 Å². The fourth-order valence-electron chi connectivity index (χ4n) is 4.34. The van der Waals surface area contributed by atoms with Gasteiger partial charge in [-0.25, -0.2) is 4.98 Å². The summed E-state index contributed by atoms with van der Waals surface area (Å²) in [7, 11) is 0. The van der Waals surface area contributed by atoms with Crippen molar-refractivity contribution in [3.8, 4) is 22.8 Å². The zero-order valence-electron chi connectivity index (χ0n) is 20.7. The number of aryl methyl sites for hydroxylation is 2. The van der Waals surface area contributed by atoms with Crippen molar-refractivity contribution in [2.45, 2.75) is 33.2 Å². The molecule has 2 N–H and O–H groups in total. The van der Waals surface area contributed by atoms with Gasteiger partial charge in [0.2, 0.25) is 0 Å². The van der Waals surface area contributed by atoms with Crippen molar-refractivity contribution in [3.63, 3.8) is 0 Å². The van der Waals surface area contributed by atoms with E-state index in [1.807, 2.05) is 6.07 Å². The van der Waals surface area contributed by atoms with Gasteiger partial charge in [0.25, 0.3) is 5.56 Å². The van der Waals surface area contributed by atoms with E-state index in [1.54, 1.807) is 38.1 Å². The third-order valence-corrected chi connectivity index (χ3v) is 6.44. The van der Waals surface area contributed by atoms with Crippen LogP contribution < -0.4 is 10.3 Å². The second kappa shape index (κ2) is 10.1. The normalized spacial score (nSPS) is 11.7. The molecule has 0 aliphatic heterocycles. The van der Waals surface area contributed by atoms with Crippen LogP contribution in [-0.4, -0.2) is 29.8 Å². The molecule has 4 heterocycles. The lowest BCUT2D eigenvalue weighted by molar-refractivity contribution is -0.138. The van der Waals surface area contributed by atoms with Crippen LogP contribution in [0.2, 0.25) is 5.02 Å². The quantitative estimate of drug-likeness (QED) is 0.274. The minimum atomic E-state index is -4.78. The van der Waals surface area contributed by atoms with Gasteiger partial charge >= 0.3 is 6.18 Å². The standard InChI is InChI=1S/C27H21ClF3N5O3/c1-14-9-17(24-22(37)11-32-35-24)16-5-3-7-23(25(16)34-14)39-13-18-20(28)10-15(2)33-21(18)12-36-8-4-6-19(26(36)38)27(29,30)31/h3-11,37H,12-13H2,1-2H3,(H,32,35). The third kappa shape index (κ3) is 5.17. The summed E-state index contributed by atoms with van der Waals surface area (Å²) in [5.74, 6) is 0.395. The number of aromatic nitrogens is 5. The number of nitrogens with zero attached hydrogens (tertiary/aromatic N) is 4. The lowest BCUT2D eigenvalue weighted by atomic mass is 10.0. The van der Waals surface area contributed by atoms with Gasteiger partial charge in [-0.2, -0.15) is 18.3 Å². The van der Waals surface area contributed by atoms with E-state index in [9.17, 15) is 23.1 Å². The molecule has 5 aromatic rings. The Kier molecular flexibility index (Phi) is 6.77. The minimum Gasteiger partial charge on any atom is -0.504 e. The van der Waals surface area contributed by atoms with Crippen molar-refractivity contribution in [2.75, 3.05) is 0 Å². The van der Waals surface area contributed by atoms with Crippen molar-refractivity contribution < 1.29 is 23.0 Å². The summed E-state index contributed by atoms with van der Waals surface area (Å²) < 4.78 is 46.9. The fraction of sp³-hybridized carbons (Fsp3) is 0.185. The minimum absolute atomic E-state index is 0.0137. The first kappa shape index (κ1) is 26.2. The molecule has 5 rings (SSSR count). The van der Waals surface area contributed by atoms with Crippen molar-refractivity contribution in [1.82, 2.24) is 24.7 Å². The summed E-state index contributed by atoms with van der Waals surface area (Å²) in [5, 5.41) is 18.0. The number of fused-ring (bicyclic) bond motifs is 1. The molecule has 0 saturated heterocycles. The summed E-state index contributed by atoms with van der Waals surface area (Å²) in [6.07, 6.45) is -2.14. The molecule has 0 radical (unpaired) electrons. The molecule has 200 valence electrons. The van der Waals surface area contributed by atoms with E-state index in [1.165, 1.54) is 12.4 Å². The number of aromatic hydroxyl groups is 1. The summed E-state index contributed by atoms with van der Waals surface area (Å²) in [4.78, 5) is 21.6. The number of H-pyrrole nitrogens is 1. The Balaban J connectivity index is 1.52. The average Bonchev–Trinajstić information content (AvgIpc) is 3.29. The average molecular weight is 556 g/mol. The number of benzene rings is 1. The smallest absolute Gasteiger partial charge is 0.421 e. The van der Waals surface area contributed by atoms with Gasteiger partial charge in [-0.15, -0.1) is 0 Å². The summed E-state index contributed by atoms with van der Waals surface area (Å²) >= 11 is 6.52. The molecule has 0 saturated carbocycles. The van der Waals surface area contributed by atoms with Crippen molar-refractivity contribution >= 4 is 22.5 Å². The predicted octanol–water partition coefficient (Wildman–Crippen LogP) is 5.80. The molecule has 0 fully saturated rings. The number of pyridine rings is 3. The van der Waals surface area contributed by atoms with Gasteiger partial charge in [-0.05, 0) is 44.2 Å². The fourth-order valence-corrected chi connectivity index (χ4v) is 4.66. The highest BCUT2D eigenvalue weighted by molar-refractivity contribution is 6.31. The van der Waals surface area contributed by atoms with Gasteiger partial charge in [0.1, 0.15) is 29.1 Å². The maximum Gasteiger partial charge on any atom is 0.421 e. The number of alkyl halides is 3.